The van der Waals surface area contributed by atoms with E-state index in [1.165, 1.54) is 0 Å². The van der Waals surface area contributed by atoms with Crippen molar-refractivity contribution in [3.05, 3.63) is 112 Å². The second-order valence-corrected chi connectivity index (χ2v) is 8.60. The number of rotatable bonds is 8. The van der Waals surface area contributed by atoms with Gasteiger partial charge >= 0.3 is 6.18 Å². The van der Waals surface area contributed by atoms with Gasteiger partial charge in [0, 0.05) is 5.39 Å². The van der Waals surface area contributed by atoms with Crippen molar-refractivity contribution >= 4 is 10.8 Å². The van der Waals surface area contributed by atoms with Crippen molar-refractivity contribution in [2.45, 2.75) is 38.8 Å². The summed E-state index contributed by atoms with van der Waals surface area (Å²) in [7, 11) is 0. The molecule has 188 valence electrons. The molecule has 0 aliphatic carbocycles. The van der Waals surface area contributed by atoms with Gasteiger partial charge in [0.15, 0.2) is 0 Å². The maximum Gasteiger partial charge on any atom is 0.422 e. The van der Waals surface area contributed by atoms with Crippen molar-refractivity contribution in [2.75, 3.05) is 6.61 Å². The number of halogens is 6. The van der Waals surface area contributed by atoms with Gasteiger partial charge in [0.2, 0.25) is 0 Å². The molecule has 0 bridgehead atoms. The maximum atomic E-state index is 15.1. The zero-order valence-corrected chi connectivity index (χ0v) is 19.6. The van der Waals surface area contributed by atoms with E-state index in [0.29, 0.717) is 29.7 Å². The van der Waals surface area contributed by atoms with Crippen LogP contribution in [0.15, 0.2) is 66.7 Å². The zero-order chi connectivity index (χ0) is 25.9. The Kier molecular flexibility index (Phi) is 7.57. The molecule has 4 aromatic carbocycles. The quantitative estimate of drug-likeness (QED) is 0.221. The highest BCUT2D eigenvalue weighted by Gasteiger charge is 2.37. The zero-order valence-electron chi connectivity index (χ0n) is 19.6. The van der Waals surface area contributed by atoms with Crippen LogP contribution in [0.25, 0.3) is 10.8 Å². The minimum Gasteiger partial charge on any atom is -0.494 e. The first-order chi connectivity index (χ1) is 17.2. The predicted octanol–water partition coefficient (Wildman–Crippen LogP) is 8.25. The van der Waals surface area contributed by atoms with Crippen LogP contribution in [0.2, 0.25) is 0 Å². The van der Waals surface area contributed by atoms with Gasteiger partial charge in [-0.15, -0.1) is 0 Å². The van der Waals surface area contributed by atoms with E-state index in [0.717, 1.165) is 35.1 Å². The molecule has 0 atom stereocenters. The second kappa shape index (κ2) is 10.6. The summed E-state index contributed by atoms with van der Waals surface area (Å²) in [5.41, 5.74) is 0.657. The van der Waals surface area contributed by atoms with E-state index in [9.17, 15) is 22.0 Å². The fourth-order valence-corrected chi connectivity index (χ4v) is 4.26. The second-order valence-electron chi connectivity index (χ2n) is 8.60. The summed E-state index contributed by atoms with van der Waals surface area (Å²) in [5.74, 6) is -2.96. The molecule has 0 radical (unpaired) electrons. The molecule has 0 spiro atoms. The number of aryl methyl sites for hydroxylation is 4. The lowest BCUT2D eigenvalue weighted by atomic mass is 9.97. The first-order valence-electron chi connectivity index (χ1n) is 11.6. The van der Waals surface area contributed by atoms with Crippen molar-refractivity contribution in [3.63, 3.8) is 0 Å². The molecule has 4 rings (SSSR count). The van der Waals surface area contributed by atoms with Crippen molar-refractivity contribution in [3.8, 4) is 5.75 Å². The minimum atomic E-state index is -5.12. The van der Waals surface area contributed by atoms with Crippen LogP contribution in [0.5, 0.6) is 5.75 Å². The first kappa shape index (κ1) is 25.6. The van der Waals surface area contributed by atoms with Gasteiger partial charge < -0.3 is 4.74 Å². The average Bonchev–Trinajstić information content (AvgIpc) is 2.82. The summed E-state index contributed by atoms with van der Waals surface area (Å²) in [5, 5.41) is 1.15. The SMILES string of the molecule is CCOc1ccc(CCc2ccc3c(F)c(CCc4cc(F)c(C(F)(F)F)c(F)c4)ccc3c2)cc1. The molecule has 4 aromatic rings. The number of hydrogen-bond donors (Lipinski definition) is 0. The molecular weight excluding hydrogens is 478 g/mol. The summed E-state index contributed by atoms with van der Waals surface area (Å²) < 4.78 is 86.5. The van der Waals surface area contributed by atoms with E-state index in [4.69, 9.17) is 4.74 Å². The van der Waals surface area contributed by atoms with E-state index >= 15 is 4.39 Å². The number of hydrogen-bond acceptors (Lipinski definition) is 1. The van der Waals surface area contributed by atoms with Crippen LogP contribution in [0.3, 0.4) is 0 Å². The lowest BCUT2D eigenvalue weighted by Gasteiger charge is -2.12. The molecule has 1 nitrogen and oxygen atoms in total. The lowest BCUT2D eigenvalue weighted by molar-refractivity contribution is -0.142. The monoisotopic (exact) mass is 502 g/mol. The molecule has 0 fully saturated rings. The molecule has 36 heavy (non-hydrogen) atoms. The van der Waals surface area contributed by atoms with Crippen molar-refractivity contribution in [1.29, 1.82) is 0 Å². The number of ether oxygens (including phenoxy) is 1. The van der Waals surface area contributed by atoms with Crippen LogP contribution in [-0.2, 0) is 31.9 Å². The van der Waals surface area contributed by atoms with Crippen LogP contribution in [0, 0.1) is 17.5 Å². The van der Waals surface area contributed by atoms with Crippen LogP contribution in [0.4, 0.5) is 26.3 Å². The third kappa shape index (κ3) is 5.83. The standard InChI is InChI=1S/C29H24F6O/c1-2-36-23-12-6-18(7-13-23)3-4-19-8-14-24-22(15-19)11-10-21(28(24)32)9-5-20-16-25(30)27(26(31)17-20)29(33,34)35/h6-8,10-17H,2-5,9H2,1H3. The Morgan fingerprint density at radius 3 is 1.92 bits per heavy atom. The third-order valence-corrected chi connectivity index (χ3v) is 6.10. The van der Waals surface area contributed by atoms with Crippen LogP contribution < -0.4 is 4.74 Å². The molecule has 0 amide bonds. The Morgan fingerprint density at radius 2 is 1.28 bits per heavy atom. The molecule has 0 aliphatic heterocycles. The summed E-state index contributed by atoms with van der Waals surface area (Å²) in [6.45, 7) is 2.54. The Bertz CT molecular complexity index is 1340. The number of fused-ring (bicyclic) bond motifs is 1. The van der Waals surface area contributed by atoms with E-state index in [1.807, 2.05) is 43.3 Å². The Morgan fingerprint density at radius 1 is 0.667 bits per heavy atom. The average molecular weight is 502 g/mol. The van der Waals surface area contributed by atoms with Gasteiger partial charge in [0.05, 0.1) is 6.61 Å². The van der Waals surface area contributed by atoms with Gasteiger partial charge in [-0.3, -0.25) is 0 Å². The fourth-order valence-electron chi connectivity index (χ4n) is 4.26. The summed E-state index contributed by atoms with van der Waals surface area (Å²) in [6.07, 6.45) is -3.44. The fraction of sp³-hybridized carbons (Fsp3) is 0.241. The molecule has 0 aromatic heterocycles. The highest BCUT2D eigenvalue weighted by atomic mass is 19.4. The first-order valence-corrected chi connectivity index (χ1v) is 11.6. The lowest BCUT2D eigenvalue weighted by Crippen LogP contribution is -2.12. The Hall–Kier alpha value is -3.48. The van der Waals surface area contributed by atoms with Crippen LogP contribution >= 0.6 is 0 Å². The van der Waals surface area contributed by atoms with Gasteiger partial charge in [0.1, 0.15) is 28.8 Å². The number of benzene rings is 4. The summed E-state index contributed by atoms with van der Waals surface area (Å²) >= 11 is 0. The van der Waals surface area contributed by atoms with Crippen molar-refractivity contribution in [2.24, 2.45) is 0 Å². The molecular formula is C29H24F6O. The van der Waals surface area contributed by atoms with Gasteiger partial charge in [-0.25, -0.2) is 13.2 Å². The molecule has 0 heterocycles. The van der Waals surface area contributed by atoms with E-state index in [2.05, 4.69) is 0 Å². The normalized spacial score (nSPS) is 11.8. The Balaban J connectivity index is 1.45. The molecule has 0 N–H and O–H groups in total. The highest BCUT2D eigenvalue weighted by molar-refractivity contribution is 5.84. The molecule has 0 unspecified atom stereocenters. The van der Waals surface area contributed by atoms with Gasteiger partial charge in [-0.05, 0) is 84.5 Å². The van der Waals surface area contributed by atoms with E-state index in [-0.39, 0.29) is 18.4 Å². The molecule has 0 saturated carbocycles. The predicted molar refractivity (Wildman–Crippen MR) is 128 cm³/mol. The topological polar surface area (TPSA) is 9.23 Å². The van der Waals surface area contributed by atoms with E-state index < -0.39 is 29.2 Å². The summed E-state index contributed by atoms with van der Waals surface area (Å²) in [4.78, 5) is 0. The largest absolute Gasteiger partial charge is 0.494 e. The minimum absolute atomic E-state index is 0.00538. The summed E-state index contributed by atoms with van der Waals surface area (Å²) in [6, 6.07) is 18.1. The number of alkyl halides is 3. The smallest absolute Gasteiger partial charge is 0.422 e. The third-order valence-electron chi connectivity index (χ3n) is 6.10. The van der Waals surface area contributed by atoms with Gasteiger partial charge in [-0.2, -0.15) is 13.2 Å². The highest BCUT2D eigenvalue weighted by Crippen LogP contribution is 2.34. The van der Waals surface area contributed by atoms with Crippen molar-refractivity contribution < 1.29 is 31.1 Å². The van der Waals surface area contributed by atoms with Crippen molar-refractivity contribution in [1.82, 2.24) is 0 Å². The molecule has 7 heteroatoms. The van der Waals surface area contributed by atoms with Crippen LogP contribution in [0.1, 0.15) is 34.7 Å². The maximum absolute atomic E-state index is 15.1. The van der Waals surface area contributed by atoms with Crippen LogP contribution in [-0.4, -0.2) is 6.61 Å². The molecule has 0 aliphatic rings. The van der Waals surface area contributed by atoms with Gasteiger partial charge in [0.25, 0.3) is 0 Å². The molecule has 0 saturated heterocycles. The Labute approximate surface area is 205 Å². The van der Waals surface area contributed by atoms with E-state index in [1.54, 1.807) is 18.2 Å². The van der Waals surface area contributed by atoms with Gasteiger partial charge in [-0.1, -0.05) is 42.5 Å².